The van der Waals surface area contributed by atoms with Crippen LogP contribution in [0, 0.1) is 5.92 Å². The highest BCUT2D eigenvalue weighted by molar-refractivity contribution is 5.67. The first-order chi connectivity index (χ1) is 11.2. The molecule has 3 N–H and O–H groups in total. The van der Waals surface area contributed by atoms with Gasteiger partial charge >= 0.3 is 6.09 Å². The number of hydrogen-bond acceptors (Lipinski definition) is 4. The SMILES string of the molecule is O=C(NC[C@@H](O)CNCC1CCCCC1)OCc1ccccc1. The van der Waals surface area contributed by atoms with Crippen LogP contribution in [0.4, 0.5) is 4.79 Å². The van der Waals surface area contributed by atoms with Gasteiger partial charge in [0.2, 0.25) is 0 Å². The number of nitrogens with one attached hydrogen (secondary N) is 2. The first-order valence-corrected chi connectivity index (χ1v) is 8.57. The van der Waals surface area contributed by atoms with Crippen LogP contribution in [-0.4, -0.2) is 36.9 Å². The molecule has 5 heteroatoms. The summed E-state index contributed by atoms with van der Waals surface area (Å²) in [7, 11) is 0. The van der Waals surface area contributed by atoms with Crippen LogP contribution in [0.15, 0.2) is 30.3 Å². The third-order valence-corrected chi connectivity index (χ3v) is 4.23. The fourth-order valence-corrected chi connectivity index (χ4v) is 2.89. The van der Waals surface area contributed by atoms with Gasteiger partial charge in [-0.25, -0.2) is 4.79 Å². The van der Waals surface area contributed by atoms with E-state index >= 15 is 0 Å². The number of ether oxygens (including phenoxy) is 1. The smallest absolute Gasteiger partial charge is 0.407 e. The van der Waals surface area contributed by atoms with Gasteiger partial charge in [0.05, 0.1) is 6.10 Å². The molecule has 1 aliphatic rings. The number of hydrogen-bond donors (Lipinski definition) is 3. The third-order valence-electron chi connectivity index (χ3n) is 4.23. The lowest BCUT2D eigenvalue weighted by Gasteiger charge is -2.22. The molecule has 1 aromatic rings. The van der Waals surface area contributed by atoms with Crippen LogP contribution in [0.5, 0.6) is 0 Å². The summed E-state index contributed by atoms with van der Waals surface area (Å²) in [5.41, 5.74) is 0.942. The Morgan fingerprint density at radius 2 is 1.91 bits per heavy atom. The number of aliphatic hydroxyl groups excluding tert-OH is 1. The van der Waals surface area contributed by atoms with Gasteiger partial charge in [-0.05, 0) is 30.9 Å². The van der Waals surface area contributed by atoms with Crippen LogP contribution in [0.1, 0.15) is 37.7 Å². The van der Waals surface area contributed by atoms with Gasteiger partial charge < -0.3 is 20.5 Å². The quantitative estimate of drug-likeness (QED) is 0.688. The molecule has 0 saturated heterocycles. The van der Waals surface area contributed by atoms with Crippen molar-refractivity contribution in [1.29, 1.82) is 0 Å². The molecule has 1 fully saturated rings. The second-order valence-electron chi connectivity index (χ2n) is 6.26. The Labute approximate surface area is 138 Å². The first kappa shape index (κ1) is 17.8. The zero-order valence-corrected chi connectivity index (χ0v) is 13.7. The minimum atomic E-state index is -0.595. The molecule has 0 spiro atoms. The number of alkyl carbamates (subject to hydrolysis) is 1. The van der Waals surface area contributed by atoms with E-state index in [1.54, 1.807) is 0 Å². The standard InChI is InChI=1S/C18H28N2O3/c21-17(12-19-11-15-7-3-1-4-8-15)13-20-18(22)23-14-16-9-5-2-6-10-16/h2,5-6,9-10,15,17,19,21H,1,3-4,7-8,11-14H2,(H,20,22)/t17-/m0/s1. The number of amides is 1. The zero-order valence-electron chi connectivity index (χ0n) is 13.7. The lowest BCUT2D eigenvalue weighted by Crippen LogP contribution is -2.39. The highest BCUT2D eigenvalue weighted by Gasteiger charge is 2.14. The highest BCUT2D eigenvalue weighted by atomic mass is 16.5. The molecule has 0 unspecified atom stereocenters. The van der Waals surface area contributed by atoms with E-state index in [0.717, 1.165) is 18.0 Å². The van der Waals surface area contributed by atoms with Crippen LogP contribution < -0.4 is 10.6 Å². The Kier molecular flexibility index (Phi) is 7.90. The lowest BCUT2D eigenvalue weighted by atomic mass is 9.89. The Morgan fingerprint density at radius 1 is 1.17 bits per heavy atom. The van der Waals surface area contributed by atoms with Gasteiger partial charge in [0, 0.05) is 13.1 Å². The maximum Gasteiger partial charge on any atom is 0.407 e. The second kappa shape index (κ2) is 10.2. The second-order valence-corrected chi connectivity index (χ2v) is 6.26. The fraction of sp³-hybridized carbons (Fsp3) is 0.611. The van der Waals surface area contributed by atoms with Crippen molar-refractivity contribution < 1.29 is 14.6 Å². The molecular weight excluding hydrogens is 292 g/mol. The number of carbonyl (C=O) groups is 1. The van der Waals surface area contributed by atoms with E-state index < -0.39 is 12.2 Å². The van der Waals surface area contributed by atoms with Gasteiger partial charge in [0.15, 0.2) is 0 Å². The Balaban J connectivity index is 1.51. The van der Waals surface area contributed by atoms with Crippen LogP contribution in [0.25, 0.3) is 0 Å². The molecular formula is C18H28N2O3. The first-order valence-electron chi connectivity index (χ1n) is 8.57. The third kappa shape index (κ3) is 7.48. The maximum atomic E-state index is 11.6. The molecule has 2 rings (SSSR count). The highest BCUT2D eigenvalue weighted by Crippen LogP contribution is 2.22. The summed E-state index contributed by atoms with van der Waals surface area (Å²) in [5.74, 6) is 0.736. The largest absolute Gasteiger partial charge is 0.445 e. The summed E-state index contributed by atoms with van der Waals surface area (Å²) in [6.45, 7) is 1.89. The van der Waals surface area contributed by atoms with Gasteiger partial charge in [-0.1, -0.05) is 49.6 Å². The Hall–Kier alpha value is -1.59. The molecule has 0 heterocycles. The summed E-state index contributed by atoms with van der Waals surface area (Å²) >= 11 is 0. The van der Waals surface area contributed by atoms with E-state index in [-0.39, 0.29) is 13.2 Å². The Bertz CT molecular complexity index is 447. The molecule has 1 amide bonds. The van der Waals surface area contributed by atoms with Crippen molar-refractivity contribution in [3.8, 4) is 0 Å². The van der Waals surface area contributed by atoms with Crippen molar-refractivity contribution in [2.45, 2.75) is 44.8 Å². The van der Waals surface area contributed by atoms with Gasteiger partial charge in [0.1, 0.15) is 6.61 Å². The molecule has 0 radical (unpaired) electrons. The summed E-state index contributed by atoms with van der Waals surface area (Å²) < 4.78 is 5.10. The van der Waals surface area contributed by atoms with Crippen LogP contribution in [-0.2, 0) is 11.3 Å². The molecule has 0 bridgehead atoms. The summed E-state index contributed by atoms with van der Waals surface area (Å²) in [5, 5.41) is 15.8. The minimum Gasteiger partial charge on any atom is -0.445 e. The topological polar surface area (TPSA) is 70.6 Å². The number of benzene rings is 1. The van der Waals surface area contributed by atoms with Crippen molar-refractivity contribution >= 4 is 6.09 Å². The van der Waals surface area contributed by atoms with Crippen molar-refractivity contribution in [3.63, 3.8) is 0 Å². The van der Waals surface area contributed by atoms with Crippen molar-refractivity contribution in [2.24, 2.45) is 5.92 Å². The van der Waals surface area contributed by atoms with Gasteiger partial charge in [0.25, 0.3) is 0 Å². The van der Waals surface area contributed by atoms with E-state index in [1.807, 2.05) is 30.3 Å². The summed E-state index contributed by atoms with van der Waals surface area (Å²) in [4.78, 5) is 11.6. The molecule has 1 saturated carbocycles. The van der Waals surface area contributed by atoms with Gasteiger partial charge in [-0.15, -0.1) is 0 Å². The van der Waals surface area contributed by atoms with Crippen LogP contribution in [0.2, 0.25) is 0 Å². The van der Waals surface area contributed by atoms with Gasteiger partial charge in [-0.3, -0.25) is 0 Å². The van der Waals surface area contributed by atoms with Crippen molar-refractivity contribution in [1.82, 2.24) is 10.6 Å². The minimum absolute atomic E-state index is 0.200. The number of carbonyl (C=O) groups excluding carboxylic acids is 1. The predicted octanol–water partition coefficient (Wildman–Crippen LogP) is 2.44. The van der Waals surface area contributed by atoms with Crippen LogP contribution >= 0.6 is 0 Å². The van der Waals surface area contributed by atoms with E-state index in [9.17, 15) is 9.90 Å². The number of aliphatic hydroxyl groups is 1. The molecule has 1 aliphatic carbocycles. The van der Waals surface area contributed by atoms with E-state index in [0.29, 0.717) is 6.54 Å². The number of rotatable bonds is 8. The normalized spacial score (nSPS) is 16.7. The van der Waals surface area contributed by atoms with E-state index in [1.165, 1.54) is 32.1 Å². The van der Waals surface area contributed by atoms with E-state index in [2.05, 4.69) is 10.6 Å². The zero-order chi connectivity index (χ0) is 16.3. The molecule has 1 aromatic carbocycles. The summed E-state index contributed by atoms with van der Waals surface area (Å²) in [6.07, 6.45) is 5.48. The predicted molar refractivity (Wildman–Crippen MR) is 90.1 cm³/mol. The lowest BCUT2D eigenvalue weighted by molar-refractivity contribution is 0.124. The monoisotopic (exact) mass is 320 g/mol. The molecule has 128 valence electrons. The molecule has 0 aliphatic heterocycles. The Morgan fingerprint density at radius 3 is 2.65 bits per heavy atom. The molecule has 23 heavy (non-hydrogen) atoms. The molecule has 1 atom stereocenters. The maximum absolute atomic E-state index is 11.6. The van der Waals surface area contributed by atoms with E-state index in [4.69, 9.17) is 4.74 Å². The average molecular weight is 320 g/mol. The van der Waals surface area contributed by atoms with Crippen molar-refractivity contribution in [3.05, 3.63) is 35.9 Å². The fourth-order valence-electron chi connectivity index (χ4n) is 2.89. The summed E-state index contributed by atoms with van der Waals surface area (Å²) in [6, 6.07) is 9.52. The van der Waals surface area contributed by atoms with Gasteiger partial charge in [-0.2, -0.15) is 0 Å². The molecule has 5 nitrogen and oxygen atoms in total. The van der Waals surface area contributed by atoms with Crippen molar-refractivity contribution in [2.75, 3.05) is 19.6 Å². The average Bonchev–Trinajstić information content (AvgIpc) is 2.60. The van der Waals surface area contributed by atoms with Crippen LogP contribution in [0.3, 0.4) is 0 Å². The molecule has 0 aromatic heterocycles.